The quantitative estimate of drug-likeness (QED) is 0.810. The summed E-state index contributed by atoms with van der Waals surface area (Å²) in [5.74, 6) is -1.89. The molecule has 1 aliphatic rings. The zero-order valence-corrected chi connectivity index (χ0v) is 11.9. The van der Waals surface area contributed by atoms with Gasteiger partial charge in [-0.25, -0.2) is 4.39 Å². The van der Waals surface area contributed by atoms with Crippen LogP contribution in [0.15, 0.2) is 24.4 Å². The summed E-state index contributed by atoms with van der Waals surface area (Å²) in [6, 6.07) is 4.08. The van der Waals surface area contributed by atoms with Gasteiger partial charge in [-0.1, -0.05) is 6.42 Å². The van der Waals surface area contributed by atoms with Gasteiger partial charge < -0.3 is 15.4 Å². The number of aromatic nitrogens is 1. The van der Waals surface area contributed by atoms with Crippen molar-refractivity contribution in [3.05, 3.63) is 35.8 Å². The Morgan fingerprint density at radius 3 is 2.95 bits per heavy atom. The minimum Gasteiger partial charge on any atom is -0.481 e. The molecule has 1 aromatic heterocycles. The molecule has 0 unspecified atom stereocenters. The van der Waals surface area contributed by atoms with Crippen molar-refractivity contribution in [3.8, 4) is 0 Å². The van der Waals surface area contributed by atoms with Crippen molar-refractivity contribution in [2.24, 2.45) is 5.92 Å². The Kier molecular flexibility index (Phi) is 3.83. The van der Waals surface area contributed by atoms with Gasteiger partial charge in [-0.2, -0.15) is 0 Å². The number of aliphatic carboxylic acids is 1. The smallest absolute Gasteiger partial charge is 0.308 e. The molecule has 0 bridgehead atoms. The SMILES string of the molecule is O=C(Cc1c[nH]c2cc(F)ccc12)N[C@H]1CCC[C@H]1C(=O)O. The van der Waals surface area contributed by atoms with Crippen LogP contribution in [0.2, 0.25) is 0 Å². The van der Waals surface area contributed by atoms with Crippen molar-refractivity contribution < 1.29 is 19.1 Å². The van der Waals surface area contributed by atoms with Crippen LogP contribution < -0.4 is 5.32 Å². The zero-order valence-electron chi connectivity index (χ0n) is 11.9. The highest BCUT2D eigenvalue weighted by molar-refractivity contribution is 5.89. The van der Waals surface area contributed by atoms with Gasteiger partial charge in [0.2, 0.25) is 5.91 Å². The van der Waals surface area contributed by atoms with E-state index in [0.29, 0.717) is 18.4 Å². The first-order valence-corrected chi connectivity index (χ1v) is 7.32. The summed E-state index contributed by atoms with van der Waals surface area (Å²) in [4.78, 5) is 26.2. The Balaban J connectivity index is 1.69. The van der Waals surface area contributed by atoms with Gasteiger partial charge in [-0.3, -0.25) is 9.59 Å². The van der Waals surface area contributed by atoms with Crippen LogP contribution in [0.4, 0.5) is 4.39 Å². The number of benzene rings is 1. The van der Waals surface area contributed by atoms with Crippen LogP contribution in [-0.2, 0) is 16.0 Å². The predicted octanol–water partition coefficient (Wildman–Crippen LogP) is 2.22. The number of H-pyrrole nitrogens is 1. The van der Waals surface area contributed by atoms with Crippen LogP contribution >= 0.6 is 0 Å². The molecule has 0 saturated heterocycles. The third-order valence-electron chi connectivity index (χ3n) is 4.26. The second-order valence-electron chi connectivity index (χ2n) is 5.73. The minimum absolute atomic E-state index is 0.147. The molecule has 1 saturated carbocycles. The summed E-state index contributed by atoms with van der Waals surface area (Å²) in [6.45, 7) is 0. The Morgan fingerprint density at radius 2 is 2.18 bits per heavy atom. The topological polar surface area (TPSA) is 82.2 Å². The fraction of sp³-hybridized carbons (Fsp3) is 0.375. The fourth-order valence-electron chi connectivity index (χ4n) is 3.16. The summed E-state index contributed by atoms with van der Waals surface area (Å²) >= 11 is 0. The lowest BCUT2D eigenvalue weighted by atomic mass is 10.0. The van der Waals surface area contributed by atoms with Gasteiger partial charge in [0.05, 0.1) is 12.3 Å². The first-order valence-electron chi connectivity index (χ1n) is 7.32. The molecule has 1 heterocycles. The molecule has 6 heteroatoms. The number of halogens is 1. The van der Waals surface area contributed by atoms with Crippen molar-refractivity contribution >= 4 is 22.8 Å². The van der Waals surface area contributed by atoms with Gasteiger partial charge >= 0.3 is 5.97 Å². The van der Waals surface area contributed by atoms with Crippen LogP contribution in [0.5, 0.6) is 0 Å². The molecule has 0 spiro atoms. The van der Waals surface area contributed by atoms with Gasteiger partial charge in [-0.15, -0.1) is 0 Å². The van der Waals surface area contributed by atoms with E-state index in [4.69, 9.17) is 5.11 Å². The maximum atomic E-state index is 13.1. The fourth-order valence-corrected chi connectivity index (χ4v) is 3.16. The van der Waals surface area contributed by atoms with Crippen LogP contribution in [0.3, 0.4) is 0 Å². The number of carbonyl (C=O) groups is 2. The summed E-state index contributed by atoms with van der Waals surface area (Å²) in [5.41, 5.74) is 1.42. The molecule has 0 aliphatic heterocycles. The molecular formula is C16H17FN2O3. The van der Waals surface area contributed by atoms with Gasteiger partial charge in [-0.05, 0) is 36.6 Å². The monoisotopic (exact) mass is 304 g/mol. The molecule has 1 aliphatic carbocycles. The summed E-state index contributed by atoms with van der Waals surface area (Å²) < 4.78 is 13.1. The molecule has 1 fully saturated rings. The predicted molar refractivity (Wildman–Crippen MR) is 78.9 cm³/mol. The Labute approximate surface area is 126 Å². The average Bonchev–Trinajstić information content (AvgIpc) is 3.06. The number of nitrogens with one attached hydrogen (secondary N) is 2. The van der Waals surface area contributed by atoms with E-state index in [0.717, 1.165) is 17.4 Å². The maximum absolute atomic E-state index is 13.1. The van der Waals surface area contributed by atoms with Gasteiger partial charge in [0.25, 0.3) is 0 Å². The number of fused-ring (bicyclic) bond motifs is 1. The molecule has 22 heavy (non-hydrogen) atoms. The standard InChI is InChI=1S/C16H17FN2O3/c17-10-4-5-11-9(8-18-14(11)7-10)6-15(20)19-13-3-1-2-12(13)16(21)22/h4-5,7-8,12-13,18H,1-3,6H2,(H,19,20)(H,21,22)/t12-,13+/m1/s1. The van der Waals surface area contributed by atoms with Crippen molar-refractivity contribution in [3.63, 3.8) is 0 Å². The van der Waals surface area contributed by atoms with Crippen molar-refractivity contribution in [1.29, 1.82) is 0 Å². The third kappa shape index (κ3) is 2.81. The van der Waals surface area contributed by atoms with Gasteiger partial charge in [0, 0.05) is 23.1 Å². The van der Waals surface area contributed by atoms with Crippen LogP contribution in [-0.4, -0.2) is 28.0 Å². The molecule has 116 valence electrons. The second kappa shape index (κ2) is 5.79. The van der Waals surface area contributed by atoms with E-state index in [9.17, 15) is 14.0 Å². The molecule has 0 radical (unpaired) electrons. The van der Waals surface area contributed by atoms with E-state index in [2.05, 4.69) is 10.3 Å². The largest absolute Gasteiger partial charge is 0.481 e. The first-order chi connectivity index (χ1) is 10.5. The molecule has 1 aromatic carbocycles. The lowest BCUT2D eigenvalue weighted by Crippen LogP contribution is -2.40. The lowest BCUT2D eigenvalue weighted by molar-refractivity contribution is -0.142. The Hall–Kier alpha value is -2.37. The molecule has 2 atom stereocenters. The number of carbonyl (C=O) groups excluding carboxylic acids is 1. The summed E-state index contributed by atoms with van der Waals surface area (Å²) in [6.07, 6.45) is 3.95. The number of carboxylic acids is 1. The summed E-state index contributed by atoms with van der Waals surface area (Å²) in [5, 5.41) is 12.7. The van der Waals surface area contributed by atoms with Crippen molar-refractivity contribution in [1.82, 2.24) is 10.3 Å². The van der Waals surface area contributed by atoms with Crippen molar-refractivity contribution in [2.75, 3.05) is 0 Å². The van der Waals surface area contributed by atoms with E-state index < -0.39 is 11.9 Å². The Bertz CT molecular complexity index is 725. The highest BCUT2D eigenvalue weighted by Crippen LogP contribution is 2.26. The number of aromatic amines is 1. The molecule has 1 amide bonds. The number of rotatable bonds is 4. The first kappa shape index (κ1) is 14.6. The number of amides is 1. The van der Waals surface area contributed by atoms with Crippen LogP contribution in [0, 0.1) is 11.7 Å². The molecule has 2 aromatic rings. The summed E-state index contributed by atoms with van der Waals surface area (Å²) in [7, 11) is 0. The highest BCUT2D eigenvalue weighted by atomic mass is 19.1. The van der Waals surface area contributed by atoms with Gasteiger partial charge in [0.15, 0.2) is 0 Å². The van der Waals surface area contributed by atoms with Crippen LogP contribution in [0.1, 0.15) is 24.8 Å². The highest BCUT2D eigenvalue weighted by Gasteiger charge is 2.33. The van der Waals surface area contributed by atoms with Crippen LogP contribution in [0.25, 0.3) is 10.9 Å². The number of hydrogen-bond donors (Lipinski definition) is 3. The lowest BCUT2D eigenvalue weighted by Gasteiger charge is -2.17. The second-order valence-corrected chi connectivity index (χ2v) is 5.73. The minimum atomic E-state index is -0.856. The van der Waals surface area contributed by atoms with Crippen molar-refractivity contribution in [2.45, 2.75) is 31.7 Å². The third-order valence-corrected chi connectivity index (χ3v) is 4.26. The average molecular weight is 304 g/mol. The molecular weight excluding hydrogens is 287 g/mol. The molecule has 3 rings (SSSR count). The number of carboxylic acid groups (broad SMARTS) is 1. The van der Waals surface area contributed by atoms with E-state index in [1.54, 1.807) is 12.3 Å². The van der Waals surface area contributed by atoms with E-state index >= 15 is 0 Å². The Morgan fingerprint density at radius 1 is 1.36 bits per heavy atom. The normalized spacial score (nSPS) is 21.1. The molecule has 5 nitrogen and oxygen atoms in total. The zero-order chi connectivity index (χ0) is 15.7. The van der Waals surface area contributed by atoms with E-state index in [1.165, 1.54) is 12.1 Å². The van der Waals surface area contributed by atoms with Gasteiger partial charge in [0.1, 0.15) is 5.82 Å². The molecule has 3 N–H and O–H groups in total. The number of hydrogen-bond acceptors (Lipinski definition) is 2. The van der Waals surface area contributed by atoms with E-state index in [1.807, 2.05) is 0 Å². The maximum Gasteiger partial charge on any atom is 0.308 e. The van der Waals surface area contributed by atoms with E-state index in [-0.39, 0.29) is 24.2 Å².